The number of sulfonamides is 1. The predicted molar refractivity (Wildman–Crippen MR) is 103 cm³/mol. The average molecular weight is 409 g/mol. The third-order valence-corrected chi connectivity index (χ3v) is 5.73. The Kier molecular flexibility index (Phi) is 6.55. The number of benzene rings is 1. The molecule has 8 nitrogen and oxygen atoms in total. The van der Waals surface area contributed by atoms with Crippen molar-refractivity contribution in [3.63, 3.8) is 0 Å². The quantitative estimate of drug-likeness (QED) is 0.554. The van der Waals surface area contributed by atoms with Crippen molar-refractivity contribution in [3.8, 4) is 0 Å². The van der Waals surface area contributed by atoms with Gasteiger partial charge >= 0.3 is 0 Å². The number of anilines is 1. The molecule has 0 radical (unpaired) electrons. The van der Waals surface area contributed by atoms with Gasteiger partial charge in [-0.2, -0.15) is 0 Å². The lowest BCUT2D eigenvalue weighted by molar-refractivity contribution is -0.117. The summed E-state index contributed by atoms with van der Waals surface area (Å²) in [7, 11) is -3.90. The molecule has 0 aliphatic heterocycles. The summed E-state index contributed by atoms with van der Waals surface area (Å²) in [6.45, 7) is 6.57. The highest BCUT2D eigenvalue weighted by atomic mass is 32.2. The first kappa shape index (κ1) is 20.8. The van der Waals surface area contributed by atoms with Crippen molar-refractivity contribution in [2.45, 2.75) is 43.0 Å². The van der Waals surface area contributed by atoms with Crippen LogP contribution < -0.4 is 10.0 Å². The van der Waals surface area contributed by atoms with Crippen molar-refractivity contribution in [1.82, 2.24) is 14.7 Å². The highest BCUT2D eigenvalue weighted by molar-refractivity contribution is 8.00. The summed E-state index contributed by atoms with van der Waals surface area (Å²) < 4.78 is 25.7. The van der Waals surface area contributed by atoms with E-state index in [0.29, 0.717) is 10.8 Å². The van der Waals surface area contributed by atoms with Crippen LogP contribution in [0.5, 0.6) is 0 Å². The lowest BCUT2D eigenvalue weighted by Gasteiger charge is -2.12. The van der Waals surface area contributed by atoms with E-state index in [4.69, 9.17) is 0 Å². The number of amides is 2. The molecule has 2 rings (SSSR count). The fourth-order valence-electron chi connectivity index (χ4n) is 2.17. The number of rotatable bonds is 6. The molecule has 0 saturated heterocycles. The molecule has 10 heteroatoms. The van der Waals surface area contributed by atoms with Gasteiger partial charge < -0.3 is 5.32 Å². The molecule has 0 bridgehead atoms. The number of hydrogen-bond donors (Lipinski definition) is 2. The molecule has 0 aliphatic rings. The van der Waals surface area contributed by atoms with E-state index >= 15 is 0 Å². The monoisotopic (exact) mass is 408 g/mol. The van der Waals surface area contributed by atoms with Gasteiger partial charge in [-0.15, -0.1) is 0 Å². The number of carbonyl (C=O) groups is 2. The molecule has 1 atom stereocenters. The first-order valence-electron chi connectivity index (χ1n) is 8.00. The van der Waals surface area contributed by atoms with Crippen molar-refractivity contribution >= 4 is 39.3 Å². The molecule has 0 saturated carbocycles. The topological polar surface area (TPSA) is 118 Å². The molecule has 1 aromatic carbocycles. The van der Waals surface area contributed by atoms with Crippen LogP contribution in [0.2, 0.25) is 0 Å². The second-order valence-corrected chi connectivity index (χ2v) is 8.86. The van der Waals surface area contributed by atoms with Crippen molar-refractivity contribution < 1.29 is 18.0 Å². The fraction of sp³-hybridized carbons (Fsp3) is 0.294. The molecular weight excluding hydrogens is 388 g/mol. The third-order valence-electron chi connectivity index (χ3n) is 3.32. The number of aromatic nitrogens is 2. The standard InChI is InChI=1S/C17H20N4O4S2/c1-10-9-11(2)19-17(18-10)26-12(3)16(23)20-14-5-7-15(8-6-14)27(24,25)21-13(4)22/h5-9,12H,1-4H3,(H,20,23)(H,21,22). The molecule has 1 unspecified atom stereocenters. The van der Waals surface area contributed by atoms with Crippen LogP contribution in [0.3, 0.4) is 0 Å². The third kappa shape index (κ3) is 6.04. The highest BCUT2D eigenvalue weighted by Gasteiger charge is 2.18. The zero-order valence-electron chi connectivity index (χ0n) is 15.3. The van der Waals surface area contributed by atoms with Crippen LogP contribution in [0, 0.1) is 13.8 Å². The molecule has 0 fully saturated rings. The first-order chi connectivity index (χ1) is 12.6. The lowest BCUT2D eigenvalue weighted by Crippen LogP contribution is -2.28. The zero-order valence-corrected chi connectivity index (χ0v) is 16.9. The van der Waals surface area contributed by atoms with E-state index in [2.05, 4.69) is 15.3 Å². The molecule has 27 heavy (non-hydrogen) atoms. The minimum absolute atomic E-state index is 0.0678. The van der Waals surface area contributed by atoms with Crippen molar-refractivity contribution in [3.05, 3.63) is 41.7 Å². The molecule has 1 aromatic heterocycles. The van der Waals surface area contributed by atoms with Gasteiger partial charge in [-0.25, -0.2) is 23.1 Å². The highest BCUT2D eigenvalue weighted by Crippen LogP contribution is 2.22. The van der Waals surface area contributed by atoms with E-state index in [1.807, 2.05) is 24.6 Å². The maximum absolute atomic E-state index is 12.4. The molecule has 144 valence electrons. The fourth-order valence-corrected chi connectivity index (χ4v) is 4.03. The Morgan fingerprint density at radius 1 is 1.07 bits per heavy atom. The van der Waals surface area contributed by atoms with Gasteiger partial charge in [0.2, 0.25) is 11.8 Å². The van der Waals surface area contributed by atoms with E-state index in [9.17, 15) is 18.0 Å². The summed E-state index contributed by atoms with van der Waals surface area (Å²) in [5, 5.41) is 2.78. The lowest BCUT2D eigenvalue weighted by atomic mass is 10.3. The summed E-state index contributed by atoms with van der Waals surface area (Å²) in [6, 6.07) is 7.39. The Morgan fingerprint density at radius 3 is 2.15 bits per heavy atom. The van der Waals surface area contributed by atoms with Crippen molar-refractivity contribution in [2.24, 2.45) is 0 Å². The average Bonchev–Trinajstić information content (AvgIpc) is 2.53. The van der Waals surface area contributed by atoms with Gasteiger partial charge in [0.25, 0.3) is 10.0 Å². The Balaban J connectivity index is 2.03. The molecule has 1 heterocycles. The van der Waals surface area contributed by atoms with E-state index in [0.717, 1.165) is 18.3 Å². The summed E-state index contributed by atoms with van der Waals surface area (Å²) in [4.78, 5) is 31.8. The maximum atomic E-state index is 12.4. The summed E-state index contributed by atoms with van der Waals surface area (Å²) in [5.41, 5.74) is 2.10. The van der Waals surface area contributed by atoms with E-state index in [1.165, 1.54) is 36.0 Å². The number of thioether (sulfide) groups is 1. The first-order valence-corrected chi connectivity index (χ1v) is 10.4. The van der Waals surface area contributed by atoms with E-state index < -0.39 is 21.2 Å². The van der Waals surface area contributed by atoms with Gasteiger partial charge in [-0.1, -0.05) is 11.8 Å². The van der Waals surface area contributed by atoms with Gasteiger partial charge in [0.1, 0.15) is 0 Å². The van der Waals surface area contributed by atoms with Crippen LogP contribution in [0.1, 0.15) is 25.2 Å². The SMILES string of the molecule is CC(=O)NS(=O)(=O)c1ccc(NC(=O)C(C)Sc2nc(C)cc(C)n2)cc1. The number of hydrogen-bond acceptors (Lipinski definition) is 7. The van der Waals surface area contributed by atoms with Crippen LogP contribution in [0.25, 0.3) is 0 Å². The van der Waals surface area contributed by atoms with Crippen LogP contribution in [0.4, 0.5) is 5.69 Å². The van der Waals surface area contributed by atoms with Gasteiger partial charge in [0.15, 0.2) is 5.16 Å². The normalized spacial score (nSPS) is 12.3. The molecular formula is C17H20N4O4S2. The van der Waals surface area contributed by atoms with E-state index in [-0.39, 0.29) is 10.8 Å². The Labute approximate surface area is 162 Å². The van der Waals surface area contributed by atoms with Crippen LogP contribution >= 0.6 is 11.8 Å². The van der Waals surface area contributed by atoms with Crippen LogP contribution in [0.15, 0.2) is 40.4 Å². The second kappa shape index (κ2) is 8.49. The van der Waals surface area contributed by atoms with Gasteiger partial charge in [0, 0.05) is 24.0 Å². The minimum Gasteiger partial charge on any atom is -0.325 e. The Hall–Kier alpha value is -2.46. The Morgan fingerprint density at radius 2 is 1.63 bits per heavy atom. The number of carbonyl (C=O) groups excluding carboxylic acids is 2. The molecule has 2 aromatic rings. The largest absolute Gasteiger partial charge is 0.325 e. The van der Waals surface area contributed by atoms with E-state index in [1.54, 1.807) is 6.92 Å². The van der Waals surface area contributed by atoms with Gasteiger partial charge in [-0.05, 0) is 51.1 Å². The maximum Gasteiger partial charge on any atom is 0.264 e. The predicted octanol–water partition coefficient (Wildman–Crippen LogP) is 2.04. The number of nitrogens with one attached hydrogen (secondary N) is 2. The number of aryl methyl sites for hydroxylation is 2. The van der Waals surface area contributed by atoms with Crippen molar-refractivity contribution in [1.29, 1.82) is 0 Å². The smallest absolute Gasteiger partial charge is 0.264 e. The summed E-state index contributed by atoms with van der Waals surface area (Å²) >= 11 is 1.24. The molecule has 0 spiro atoms. The second-order valence-electron chi connectivity index (χ2n) is 5.87. The molecule has 0 aliphatic carbocycles. The Bertz CT molecular complexity index is 939. The van der Waals surface area contributed by atoms with Gasteiger partial charge in [0.05, 0.1) is 10.1 Å². The van der Waals surface area contributed by atoms with Gasteiger partial charge in [-0.3, -0.25) is 9.59 Å². The van der Waals surface area contributed by atoms with Crippen molar-refractivity contribution in [2.75, 3.05) is 5.32 Å². The van der Waals surface area contributed by atoms with Crippen LogP contribution in [-0.2, 0) is 19.6 Å². The number of nitrogens with zero attached hydrogens (tertiary/aromatic N) is 2. The minimum atomic E-state index is -3.90. The van der Waals surface area contributed by atoms with Crippen LogP contribution in [-0.4, -0.2) is 35.5 Å². The zero-order chi connectivity index (χ0) is 20.2. The molecule has 2 N–H and O–H groups in total. The summed E-state index contributed by atoms with van der Waals surface area (Å²) in [5.74, 6) is -0.938. The molecule has 2 amide bonds. The summed E-state index contributed by atoms with van der Waals surface area (Å²) in [6.07, 6.45) is 0.